The lowest BCUT2D eigenvalue weighted by Gasteiger charge is -2.28. The van der Waals surface area contributed by atoms with Crippen LogP contribution in [0.4, 0.5) is 5.69 Å². The number of halogens is 2. The average Bonchev–Trinajstić information content (AvgIpc) is 3.22. The Bertz CT molecular complexity index is 1410. The molecule has 34 heavy (non-hydrogen) atoms. The first-order valence-corrected chi connectivity index (χ1v) is 14.8. The number of rotatable bonds is 5. The van der Waals surface area contributed by atoms with E-state index in [0.717, 1.165) is 65.4 Å². The summed E-state index contributed by atoms with van der Waals surface area (Å²) in [6, 6.07) is 13.5. The largest absolute Gasteiger partial charge is 0.378 e. The number of fused-ring (bicyclic) bond motifs is 1. The fraction of sp³-hybridized carbons (Fsp3) is 0.280. The summed E-state index contributed by atoms with van der Waals surface area (Å²) in [5.41, 5.74) is 5.73. The second kappa shape index (κ2) is 9.93. The molecule has 0 saturated carbocycles. The molecule has 5 rings (SSSR count). The molecule has 6 nitrogen and oxygen atoms in total. The van der Waals surface area contributed by atoms with Gasteiger partial charge in [-0.05, 0) is 49.2 Å². The van der Waals surface area contributed by atoms with Gasteiger partial charge in [-0.15, -0.1) is 0 Å². The molecule has 0 N–H and O–H groups in total. The van der Waals surface area contributed by atoms with Gasteiger partial charge in [0.25, 0.3) is 5.56 Å². The molecule has 1 aliphatic rings. The molecule has 1 unspecified atom stereocenters. The van der Waals surface area contributed by atoms with Gasteiger partial charge < -0.3 is 14.2 Å². The van der Waals surface area contributed by atoms with Gasteiger partial charge in [0.05, 0.1) is 31.1 Å². The van der Waals surface area contributed by atoms with E-state index < -0.39 is 0 Å². The van der Waals surface area contributed by atoms with E-state index in [1.165, 1.54) is 0 Å². The Morgan fingerprint density at radius 2 is 1.97 bits per heavy atom. The maximum absolute atomic E-state index is 13.3. The molecule has 0 bridgehead atoms. The summed E-state index contributed by atoms with van der Waals surface area (Å²) in [5, 5.41) is 1.70. The Balaban J connectivity index is 1.60. The highest BCUT2D eigenvalue weighted by Gasteiger charge is 2.19. The van der Waals surface area contributed by atoms with Crippen molar-refractivity contribution in [3.63, 3.8) is 0 Å². The van der Waals surface area contributed by atoms with E-state index in [1.807, 2.05) is 52.8 Å². The van der Waals surface area contributed by atoms with Gasteiger partial charge in [-0.2, -0.15) is 0 Å². The van der Waals surface area contributed by atoms with Gasteiger partial charge in [-0.3, -0.25) is 8.77 Å². The zero-order valence-electron chi connectivity index (χ0n) is 18.9. The summed E-state index contributed by atoms with van der Waals surface area (Å²) < 4.78 is 9.37. The van der Waals surface area contributed by atoms with Gasteiger partial charge in [0.15, 0.2) is 5.65 Å². The molecule has 1 fully saturated rings. The van der Waals surface area contributed by atoms with E-state index in [4.69, 9.17) is 21.3 Å². The highest BCUT2D eigenvalue weighted by atomic mass is 127. The first kappa shape index (κ1) is 23.7. The van der Waals surface area contributed by atoms with Crippen molar-refractivity contribution in [3.8, 4) is 11.1 Å². The van der Waals surface area contributed by atoms with Crippen LogP contribution in [0.25, 0.3) is 22.2 Å². The zero-order valence-corrected chi connectivity index (χ0v) is 22.6. The number of morpholine rings is 1. The monoisotopic (exact) mass is 606 g/mol. The highest BCUT2D eigenvalue weighted by molar-refractivity contribution is 14.2. The maximum Gasteiger partial charge on any atom is 0.251 e. The molecule has 4 heterocycles. The normalized spacial score (nSPS) is 15.1. The lowest BCUT2D eigenvalue weighted by Crippen LogP contribution is -2.36. The maximum atomic E-state index is 13.3. The molecule has 1 aromatic carbocycles. The van der Waals surface area contributed by atoms with Crippen LogP contribution in [0.1, 0.15) is 24.2 Å². The quantitative estimate of drug-likeness (QED) is 0.256. The first-order chi connectivity index (χ1) is 16.5. The number of anilines is 1. The molecule has 0 amide bonds. The lowest BCUT2D eigenvalue weighted by molar-refractivity contribution is 0.122. The van der Waals surface area contributed by atoms with Gasteiger partial charge in [0, 0.05) is 77.3 Å². The Morgan fingerprint density at radius 3 is 2.68 bits per heavy atom. The number of hydrogen-bond acceptors (Lipinski definition) is 5. The Morgan fingerprint density at radius 1 is 1.18 bits per heavy atom. The highest BCUT2D eigenvalue weighted by Crippen LogP contribution is 2.36. The summed E-state index contributed by atoms with van der Waals surface area (Å²) in [6.07, 6.45) is 3.99. The van der Waals surface area contributed by atoms with Crippen molar-refractivity contribution in [2.75, 3.05) is 31.2 Å². The van der Waals surface area contributed by atoms with Crippen molar-refractivity contribution < 1.29 is 4.74 Å². The van der Waals surface area contributed by atoms with Gasteiger partial charge in [-0.1, -0.05) is 23.7 Å². The predicted molar refractivity (Wildman–Crippen MR) is 149 cm³/mol. The molecule has 1 atom stereocenters. The number of aromatic nitrogens is 3. The second-order valence-electron chi connectivity index (χ2n) is 8.43. The molecule has 0 spiro atoms. The van der Waals surface area contributed by atoms with Crippen LogP contribution in [-0.4, -0.2) is 39.8 Å². The molecule has 1 aliphatic heterocycles. The van der Waals surface area contributed by atoms with Crippen molar-refractivity contribution >= 4 is 58.6 Å². The molecule has 4 aromatic rings. The van der Waals surface area contributed by atoms with E-state index in [0.29, 0.717) is 5.02 Å². The second-order valence-corrected chi connectivity index (χ2v) is 10.6. The van der Waals surface area contributed by atoms with Gasteiger partial charge in [-0.25, -0.2) is 4.98 Å². The van der Waals surface area contributed by atoms with Crippen LogP contribution < -0.4 is 10.5 Å². The predicted octanol–water partition coefficient (Wildman–Crippen LogP) is 6.12. The number of aryl methyl sites for hydroxylation is 1. The third-order valence-corrected chi connectivity index (χ3v) is 8.27. The van der Waals surface area contributed by atoms with E-state index >= 15 is 0 Å². The molecular weight excluding hydrogens is 583 g/mol. The number of hydrogen-bond donors (Lipinski definition) is 0. The minimum absolute atomic E-state index is 0.0391. The Kier molecular flexibility index (Phi) is 6.92. The Labute approximate surface area is 219 Å². The summed E-state index contributed by atoms with van der Waals surface area (Å²) in [7, 11) is 1.57. The van der Waals surface area contributed by atoms with Crippen molar-refractivity contribution in [2.45, 2.75) is 19.9 Å². The topological polar surface area (TPSA) is 52.3 Å². The third-order valence-electron chi connectivity index (χ3n) is 6.34. The number of ether oxygens (including phenoxy) is 1. The Hall–Kier alpha value is -2.01. The number of benzene rings is 1. The number of pyridine rings is 2. The summed E-state index contributed by atoms with van der Waals surface area (Å²) in [4.78, 5) is 20.4. The van der Waals surface area contributed by atoms with Crippen molar-refractivity contribution in [1.82, 2.24) is 13.5 Å². The van der Waals surface area contributed by atoms with Crippen LogP contribution >= 0.6 is 41.9 Å². The van der Waals surface area contributed by atoms with Crippen LogP contribution in [0, 0.1) is 6.92 Å². The molecule has 0 radical (unpaired) electrons. The lowest BCUT2D eigenvalue weighted by atomic mass is 10.0. The minimum Gasteiger partial charge on any atom is -0.378 e. The van der Waals surface area contributed by atoms with E-state index in [1.54, 1.807) is 15.2 Å². The van der Waals surface area contributed by atoms with Gasteiger partial charge in [0.1, 0.15) is 0 Å². The average molecular weight is 607 g/mol. The van der Waals surface area contributed by atoms with Crippen LogP contribution in [0.5, 0.6) is 0 Å². The van der Waals surface area contributed by atoms with Crippen molar-refractivity contribution in [1.29, 1.82) is 0 Å². The van der Waals surface area contributed by atoms with Crippen LogP contribution in [0.15, 0.2) is 59.7 Å². The fourth-order valence-corrected chi connectivity index (χ4v) is 6.08. The molecule has 9 heteroatoms. The smallest absolute Gasteiger partial charge is 0.251 e. The zero-order chi connectivity index (χ0) is 23.8. The third kappa shape index (κ3) is 4.48. The first-order valence-electron chi connectivity index (χ1n) is 11.1. The standard InChI is InChI=1S/C25H24ClIN4O2S/c1-16-10-19(12-24(32)31(16)17(2)18-4-3-5-20(26)11-18)23-15-30(34-27)25-22(23)13-21(14-28-25)29-6-8-33-9-7-29/h3-5,10-15,17H,6-9H2,1-2H3. The molecule has 1 saturated heterocycles. The minimum atomic E-state index is -0.124. The fourth-order valence-electron chi connectivity index (χ4n) is 4.63. The van der Waals surface area contributed by atoms with Crippen LogP contribution in [0.3, 0.4) is 0 Å². The SMILES string of the molecule is Cc1cc(-c2cn(SI)c3ncc(N4CCOCC4)cc23)cc(=O)n1C(C)c1cccc(Cl)c1. The summed E-state index contributed by atoms with van der Waals surface area (Å²) in [6.45, 7) is 7.14. The molecule has 176 valence electrons. The van der Waals surface area contributed by atoms with Crippen LogP contribution in [-0.2, 0) is 4.74 Å². The summed E-state index contributed by atoms with van der Waals surface area (Å²) in [5.74, 6) is 0. The summed E-state index contributed by atoms with van der Waals surface area (Å²) >= 11 is 8.45. The van der Waals surface area contributed by atoms with E-state index in [-0.39, 0.29) is 11.6 Å². The molecule has 3 aromatic heterocycles. The van der Waals surface area contributed by atoms with Crippen LogP contribution in [0.2, 0.25) is 5.02 Å². The van der Waals surface area contributed by atoms with Gasteiger partial charge >= 0.3 is 0 Å². The van der Waals surface area contributed by atoms with Gasteiger partial charge in [0.2, 0.25) is 0 Å². The number of nitrogens with zero attached hydrogens (tertiary/aromatic N) is 4. The van der Waals surface area contributed by atoms with E-state index in [2.05, 4.69) is 44.4 Å². The molecule has 0 aliphatic carbocycles. The molecular formula is C25H24ClIN4O2S. The van der Waals surface area contributed by atoms with E-state index in [9.17, 15) is 4.79 Å². The van der Waals surface area contributed by atoms with Crippen molar-refractivity contribution in [2.24, 2.45) is 0 Å². The van der Waals surface area contributed by atoms with Crippen molar-refractivity contribution in [3.05, 3.63) is 81.5 Å².